The number of nitrogens with zero attached hydrogens (tertiary/aromatic N) is 5. The van der Waals surface area contributed by atoms with Crippen molar-refractivity contribution in [2.75, 3.05) is 25.5 Å². The monoisotopic (exact) mass is 370 g/mol. The van der Waals surface area contributed by atoms with Gasteiger partial charge in [0.05, 0.1) is 11.4 Å². The molecular weight excluding hydrogens is 344 g/mol. The zero-order valence-corrected chi connectivity index (χ0v) is 15.9. The van der Waals surface area contributed by atoms with E-state index < -0.39 is 0 Å². The van der Waals surface area contributed by atoms with Gasteiger partial charge in [-0.05, 0) is 38.8 Å². The van der Waals surface area contributed by atoms with Crippen LogP contribution in [0.3, 0.4) is 0 Å². The molecule has 1 aliphatic heterocycles. The number of amides is 1. The number of nitrogens with one attached hydrogen (secondary N) is 1. The minimum atomic E-state index is -0.0684. The molecule has 1 amide bonds. The molecule has 8 nitrogen and oxygen atoms in total. The number of aromatic nitrogens is 4. The number of rotatable bonds is 4. The Morgan fingerprint density at radius 3 is 2.89 bits per heavy atom. The highest BCUT2D eigenvalue weighted by molar-refractivity contribution is 5.92. The SMILES string of the molecule is CN1CCC(Oc2cc(NC(=O)C3CCc4nnn(C)c4C3)ccn2)CC1. The van der Waals surface area contributed by atoms with Crippen molar-refractivity contribution in [2.45, 2.75) is 38.2 Å². The van der Waals surface area contributed by atoms with E-state index in [4.69, 9.17) is 4.74 Å². The minimum Gasteiger partial charge on any atom is -0.474 e. The van der Waals surface area contributed by atoms with E-state index in [0.717, 1.165) is 55.8 Å². The maximum absolute atomic E-state index is 12.7. The molecule has 0 bridgehead atoms. The first kappa shape index (κ1) is 17.9. The van der Waals surface area contributed by atoms with Crippen molar-refractivity contribution >= 4 is 11.6 Å². The quantitative estimate of drug-likeness (QED) is 0.876. The lowest BCUT2D eigenvalue weighted by Gasteiger charge is -2.29. The van der Waals surface area contributed by atoms with Gasteiger partial charge in [-0.15, -0.1) is 5.10 Å². The summed E-state index contributed by atoms with van der Waals surface area (Å²) in [6, 6.07) is 3.62. The summed E-state index contributed by atoms with van der Waals surface area (Å²) >= 11 is 0. The number of likely N-dealkylation sites (tertiary alicyclic amines) is 1. The Hall–Kier alpha value is -2.48. The fourth-order valence-electron chi connectivity index (χ4n) is 3.80. The van der Waals surface area contributed by atoms with Gasteiger partial charge in [-0.25, -0.2) is 4.98 Å². The van der Waals surface area contributed by atoms with E-state index in [-0.39, 0.29) is 17.9 Å². The second-order valence-corrected chi connectivity index (χ2v) is 7.54. The van der Waals surface area contributed by atoms with Crippen molar-refractivity contribution in [3.8, 4) is 5.88 Å². The molecule has 4 rings (SSSR count). The van der Waals surface area contributed by atoms with Crippen molar-refractivity contribution in [1.82, 2.24) is 24.9 Å². The van der Waals surface area contributed by atoms with E-state index in [2.05, 4.69) is 32.6 Å². The van der Waals surface area contributed by atoms with E-state index in [9.17, 15) is 4.79 Å². The normalized spacial score (nSPS) is 20.9. The van der Waals surface area contributed by atoms with Gasteiger partial charge < -0.3 is 15.0 Å². The summed E-state index contributed by atoms with van der Waals surface area (Å²) in [6.45, 7) is 2.07. The number of anilines is 1. The van der Waals surface area contributed by atoms with E-state index in [1.54, 1.807) is 16.9 Å². The number of aryl methyl sites for hydroxylation is 2. The highest BCUT2D eigenvalue weighted by Crippen LogP contribution is 2.25. The first-order valence-electron chi connectivity index (χ1n) is 9.58. The van der Waals surface area contributed by atoms with Crippen LogP contribution in [-0.2, 0) is 24.7 Å². The van der Waals surface area contributed by atoms with Crippen LogP contribution in [0.2, 0.25) is 0 Å². The molecular formula is C19H26N6O2. The summed E-state index contributed by atoms with van der Waals surface area (Å²) in [4.78, 5) is 19.3. The molecule has 1 atom stereocenters. The van der Waals surface area contributed by atoms with Crippen LogP contribution < -0.4 is 10.1 Å². The second kappa shape index (κ2) is 7.64. The number of piperidine rings is 1. The third-order valence-electron chi connectivity index (χ3n) is 5.52. The number of ether oxygens (including phenoxy) is 1. The molecule has 2 aromatic heterocycles. The third-order valence-corrected chi connectivity index (χ3v) is 5.52. The Labute approximate surface area is 158 Å². The fraction of sp³-hybridized carbons (Fsp3) is 0.579. The summed E-state index contributed by atoms with van der Waals surface area (Å²) in [7, 11) is 4.00. The molecule has 0 aromatic carbocycles. The summed E-state index contributed by atoms with van der Waals surface area (Å²) in [6.07, 6.45) is 6.13. The molecule has 3 heterocycles. The van der Waals surface area contributed by atoms with Crippen molar-refractivity contribution < 1.29 is 9.53 Å². The molecule has 0 spiro atoms. The molecule has 8 heteroatoms. The summed E-state index contributed by atoms with van der Waals surface area (Å²) < 4.78 is 7.79. The number of hydrogen-bond donors (Lipinski definition) is 1. The van der Waals surface area contributed by atoms with Gasteiger partial charge in [0.1, 0.15) is 6.10 Å². The van der Waals surface area contributed by atoms with Gasteiger partial charge in [-0.3, -0.25) is 9.48 Å². The Kier molecular flexibility index (Phi) is 5.07. The van der Waals surface area contributed by atoms with Gasteiger partial charge >= 0.3 is 0 Å². The number of carbonyl (C=O) groups is 1. The highest BCUT2D eigenvalue weighted by Gasteiger charge is 2.28. The average molecular weight is 370 g/mol. The molecule has 2 aromatic rings. The third kappa shape index (κ3) is 4.10. The van der Waals surface area contributed by atoms with Crippen LogP contribution in [-0.4, -0.2) is 57.0 Å². The topological polar surface area (TPSA) is 85.2 Å². The van der Waals surface area contributed by atoms with E-state index in [1.807, 2.05) is 13.1 Å². The molecule has 1 N–H and O–H groups in total. The number of hydrogen-bond acceptors (Lipinski definition) is 6. The number of pyridine rings is 1. The molecule has 1 fully saturated rings. The number of carbonyl (C=O) groups excluding carboxylic acids is 1. The van der Waals surface area contributed by atoms with Crippen LogP contribution in [0.4, 0.5) is 5.69 Å². The lowest BCUT2D eigenvalue weighted by molar-refractivity contribution is -0.120. The van der Waals surface area contributed by atoms with Gasteiger partial charge in [0.2, 0.25) is 11.8 Å². The molecule has 0 radical (unpaired) electrons. The van der Waals surface area contributed by atoms with Crippen LogP contribution in [0.15, 0.2) is 18.3 Å². The van der Waals surface area contributed by atoms with Crippen molar-refractivity contribution in [2.24, 2.45) is 13.0 Å². The van der Waals surface area contributed by atoms with E-state index >= 15 is 0 Å². The first-order chi connectivity index (χ1) is 13.1. The van der Waals surface area contributed by atoms with Crippen LogP contribution >= 0.6 is 0 Å². The average Bonchev–Trinajstić information content (AvgIpc) is 3.04. The van der Waals surface area contributed by atoms with Gasteiger partial charge in [-0.1, -0.05) is 5.21 Å². The molecule has 0 saturated carbocycles. The van der Waals surface area contributed by atoms with Crippen LogP contribution in [0, 0.1) is 5.92 Å². The van der Waals surface area contributed by atoms with Crippen molar-refractivity contribution in [3.63, 3.8) is 0 Å². The molecule has 27 heavy (non-hydrogen) atoms. The van der Waals surface area contributed by atoms with Crippen molar-refractivity contribution in [1.29, 1.82) is 0 Å². The van der Waals surface area contributed by atoms with Gasteiger partial charge in [-0.2, -0.15) is 0 Å². The van der Waals surface area contributed by atoms with Gasteiger partial charge in [0, 0.05) is 50.4 Å². The lowest BCUT2D eigenvalue weighted by Crippen LogP contribution is -2.35. The zero-order valence-electron chi connectivity index (χ0n) is 15.9. The Morgan fingerprint density at radius 2 is 2.07 bits per heavy atom. The van der Waals surface area contributed by atoms with Crippen LogP contribution in [0.1, 0.15) is 30.7 Å². The predicted octanol–water partition coefficient (Wildman–Crippen LogP) is 1.43. The maximum Gasteiger partial charge on any atom is 0.227 e. The first-order valence-corrected chi connectivity index (χ1v) is 9.58. The van der Waals surface area contributed by atoms with Gasteiger partial charge in [0.25, 0.3) is 0 Å². The minimum absolute atomic E-state index is 0.0262. The van der Waals surface area contributed by atoms with E-state index in [0.29, 0.717) is 12.3 Å². The smallest absolute Gasteiger partial charge is 0.227 e. The van der Waals surface area contributed by atoms with Crippen LogP contribution in [0.5, 0.6) is 5.88 Å². The molecule has 2 aliphatic rings. The van der Waals surface area contributed by atoms with Crippen LogP contribution in [0.25, 0.3) is 0 Å². The molecule has 1 unspecified atom stereocenters. The van der Waals surface area contributed by atoms with Gasteiger partial charge in [0.15, 0.2) is 0 Å². The molecule has 1 aliphatic carbocycles. The zero-order chi connectivity index (χ0) is 18.8. The summed E-state index contributed by atoms with van der Waals surface area (Å²) in [5, 5.41) is 11.2. The predicted molar refractivity (Wildman–Crippen MR) is 101 cm³/mol. The highest BCUT2D eigenvalue weighted by atomic mass is 16.5. The summed E-state index contributed by atoms with van der Waals surface area (Å²) in [5.74, 6) is 0.531. The Morgan fingerprint density at radius 1 is 1.26 bits per heavy atom. The largest absolute Gasteiger partial charge is 0.474 e. The molecule has 144 valence electrons. The Bertz CT molecular complexity index is 812. The number of fused-ring (bicyclic) bond motifs is 1. The van der Waals surface area contributed by atoms with E-state index in [1.165, 1.54) is 0 Å². The standard InChI is InChI=1S/C19H26N6O2/c1-24-9-6-15(7-10-24)27-18-12-14(5-8-20-18)21-19(26)13-3-4-16-17(11-13)25(2)23-22-16/h5,8,12-13,15H,3-4,6-7,9-11H2,1-2H3,(H,20,21,26). The lowest BCUT2D eigenvalue weighted by atomic mass is 9.89. The summed E-state index contributed by atoms with van der Waals surface area (Å²) in [5.41, 5.74) is 2.80. The second-order valence-electron chi connectivity index (χ2n) is 7.54. The van der Waals surface area contributed by atoms with Crippen molar-refractivity contribution in [3.05, 3.63) is 29.7 Å². The molecule has 1 saturated heterocycles. The maximum atomic E-state index is 12.7. The Balaban J connectivity index is 1.37. The fourth-order valence-corrected chi connectivity index (χ4v) is 3.80.